The lowest BCUT2D eigenvalue weighted by atomic mass is 9.65. The van der Waals surface area contributed by atoms with E-state index in [1.165, 1.54) is 0 Å². The number of fused-ring (bicyclic) bond motifs is 1. The molecule has 1 N–H and O–H groups in total. The molecule has 114 valence electrons. The number of nitrogens with zero attached hydrogens (tertiary/aromatic N) is 1. The molecule has 0 spiro atoms. The molecule has 3 nitrogen and oxygen atoms in total. The van der Waals surface area contributed by atoms with Crippen molar-refractivity contribution in [1.29, 1.82) is 0 Å². The van der Waals surface area contributed by atoms with Gasteiger partial charge in [0.2, 0.25) is 5.91 Å². The molecule has 2 aromatic carbocycles. The third-order valence-corrected chi connectivity index (χ3v) is 4.88. The Morgan fingerprint density at radius 3 is 2.41 bits per heavy atom. The second kappa shape index (κ2) is 5.16. The van der Waals surface area contributed by atoms with Gasteiger partial charge in [-0.2, -0.15) is 0 Å². The molecule has 22 heavy (non-hydrogen) atoms. The lowest BCUT2D eigenvalue weighted by Gasteiger charge is -2.44. The minimum Gasteiger partial charge on any atom is -0.508 e. The van der Waals surface area contributed by atoms with Gasteiger partial charge in [0.25, 0.3) is 0 Å². The molecule has 1 aliphatic heterocycles. The van der Waals surface area contributed by atoms with Gasteiger partial charge in [-0.3, -0.25) is 4.79 Å². The summed E-state index contributed by atoms with van der Waals surface area (Å²) >= 11 is 0. The van der Waals surface area contributed by atoms with E-state index >= 15 is 0 Å². The summed E-state index contributed by atoms with van der Waals surface area (Å²) in [6, 6.07) is 15.2. The van der Waals surface area contributed by atoms with E-state index in [-0.39, 0.29) is 17.6 Å². The van der Waals surface area contributed by atoms with E-state index in [4.69, 9.17) is 0 Å². The molecule has 1 amide bonds. The average molecular weight is 295 g/mol. The number of benzene rings is 2. The summed E-state index contributed by atoms with van der Waals surface area (Å²) in [5, 5.41) is 10.4. The normalized spacial score (nSPS) is 21.1. The molecule has 0 aliphatic carbocycles. The smallest absolute Gasteiger partial charge is 0.238 e. The molecule has 3 heteroatoms. The van der Waals surface area contributed by atoms with Gasteiger partial charge in [-0.05, 0) is 30.0 Å². The number of amides is 1. The van der Waals surface area contributed by atoms with Gasteiger partial charge in [-0.15, -0.1) is 0 Å². The van der Waals surface area contributed by atoms with Crippen LogP contribution in [0.3, 0.4) is 0 Å². The lowest BCUT2D eigenvalue weighted by Crippen LogP contribution is -2.53. The molecule has 0 saturated carbocycles. The van der Waals surface area contributed by atoms with E-state index in [9.17, 15) is 9.90 Å². The Kier molecular flexibility index (Phi) is 3.44. The number of hydrogen-bond donors (Lipinski definition) is 1. The van der Waals surface area contributed by atoms with Gasteiger partial charge < -0.3 is 10.0 Å². The number of hydrogen-bond acceptors (Lipinski definition) is 2. The first-order valence-corrected chi connectivity index (χ1v) is 7.63. The zero-order valence-electron chi connectivity index (χ0n) is 13.2. The molecule has 0 radical (unpaired) electrons. The van der Waals surface area contributed by atoms with E-state index in [0.29, 0.717) is 6.42 Å². The SMILES string of the molecule is CC(C)C1(c2ccccc2O)Cc2ccccc2N(C)C1=O. The Morgan fingerprint density at radius 1 is 1.09 bits per heavy atom. The summed E-state index contributed by atoms with van der Waals surface area (Å²) < 4.78 is 0. The summed E-state index contributed by atoms with van der Waals surface area (Å²) in [4.78, 5) is 14.9. The second-order valence-corrected chi connectivity index (χ2v) is 6.31. The van der Waals surface area contributed by atoms with Gasteiger partial charge in [-0.25, -0.2) is 0 Å². The van der Waals surface area contributed by atoms with Crippen LogP contribution in [-0.2, 0) is 16.6 Å². The molecule has 1 unspecified atom stereocenters. The van der Waals surface area contributed by atoms with Gasteiger partial charge in [0.1, 0.15) is 5.75 Å². The van der Waals surface area contributed by atoms with Crippen LogP contribution >= 0.6 is 0 Å². The van der Waals surface area contributed by atoms with Gasteiger partial charge in [0.05, 0.1) is 5.41 Å². The Balaban J connectivity index is 2.25. The van der Waals surface area contributed by atoms with E-state index in [1.54, 1.807) is 17.0 Å². The molecular weight excluding hydrogens is 274 g/mol. The highest BCUT2D eigenvalue weighted by atomic mass is 16.3. The average Bonchev–Trinajstić information content (AvgIpc) is 2.51. The third-order valence-electron chi connectivity index (χ3n) is 4.88. The van der Waals surface area contributed by atoms with Crippen molar-refractivity contribution in [2.75, 3.05) is 11.9 Å². The maximum atomic E-state index is 13.2. The first-order valence-electron chi connectivity index (χ1n) is 7.63. The Hall–Kier alpha value is -2.29. The highest BCUT2D eigenvalue weighted by molar-refractivity contribution is 6.04. The summed E-state index contributed by atoms with van der Waals surface area (Å²) in [5.41, 5.74) is 2.09. The molecular formula is C19H21NO2. The Morgan fingerprint density at radius 2 is 1.73 bits per heavy atom. The molecule has 0 saturated heterocycles. The van der Waals surface area contributed by atoms with Crippen LogP contribution in [0.1, 0.15) is 25.0 Å². The second-order valence-electron chi connectivity index (χ2n) is 6.31. The minimum atomic E-state index is -0.728. The van der Waals surface area contributed by atoms with E-state index in [0.717, 1.165) is 16.8 Å². The van der Waals surface area contributed by atoms with Crippen LogP contribution in [0.5, 0.6) is 5.75 Å². The van der Waals surface area contributed by atoms with Crippen LogP contribution < -0.4 is 4.90 Å². The predicted molar refractivity (Wildman–Crippen MR) is 88.2 cm³/mol. The maximum Gasteiger partial charge on any atom is 0.238 e. The standard InChI is InChI=1S/C19H21NO2/c1-13(2)19(15-9-5-7-11-17(15)21)12-14-8-4-6-10-16(14)20(3)18(19)22/h4-11,13,21H,12H2,1-3H3. The van der Waals surface area contributed by atoms with Crippen molar-refractivity contribution >= 4 is 11.6 Å². The largest absolute Gasteiger partial charge is 0.508 e. The fourth-order valence-corrected chi connectivity index (χ4v) is 3.60. The van der Waals surface area contributed by atoms with E-state index in [1.807, 2.05) is 51.2 Å². The number of phenolic OH excluding ortho intramolecular Hbond substituents is 1. The zero-order valence-corrected chi connectivity index (χ0v) is 13.2. The van der Waals surface area contributed by atoms with Gasteiger partial charge in [-0.1, -0.05) is 50.2 Å². The quantitative estimate of drug-likeness (QED) is 0.921. The maximum absolute atomic E-state index is 13.2. The highest BCUT2D eigenvalue weighted by Gasteiger charge is 2.49. The summed E-state index contributed by atoms with van der Waals surface area (Å²) in [7, 11) is 1.82. The fourth-order valence-electron chi connectivity index (χ4n) is 3.60. The number of aromatic hydroxyl groups is 1. The molecule has 1 heterocycles. The molecule has 0 aromatic heterocycles. The third kappa shape index (κ3) is 1.92. The van der Waals surface area contributed by atoms with Gasteiger partial charge >= 0.3 is 0 Å². The van der Waals surface area contributed by atoms with E-state index < -0.39 is 5.41 Å². The number of likely N-dealkylation sites (N-methyl/N-ethyl adjacent to an activating group) is 1. The topological polar surface area (TPSA) is 40.5 Å². The number of rotatable bonds is 2. The lowest BCUT2D eigenvalue weighted by molar-refractivity contribution is -0.126. The molecule has 1 aliphatic rings. The van der Waals surface area contributed by atoms with Crippen LogP contribution in [0.4, 0.5) is 5.69 Å². The van der Waals surface area contributed by atoms with Crippen molar-refractivity contribution in [1.82, 2.24) is 0 Å². The molecule has 0 bridgehead atoms. The number of anilines is 1. The van der Waals surface area contributed by atoms with Crippen LogP contribution in [0.2, 0.25) is 0 Å². The van der Waals surface area contributed by atoms with Crippen molar-refractivity contribution in [2.45, 2.75) is 25.7 Å². The monoisotopic (exact) mass is 295 g/mol. The molecule has 3 rings (SSSR count). The van der Waals surface area contributed by atoms with Crippen molar-refractivity contribution in [3.05, 3.63) is 59.7 Å². The molecule has 0 fully saturated rings. The Bertz CT molecular complexity index is 723. The van der Waals surface area contributed by atoms with Crippen LogP contribution in [0, 0.1) is 5.92 Å². The van der Waals surface area contributed by atoms with Crippen molar-refractivity contribution in [3.8, 4) is 5.75 Å². The first kappa shape index (κ1) is 14.6. The molecule has 2 aromatic rings. The molecule has 1 atom stereocenters. The highest BCUT2D eigenvalue weighted by Crippen LogP contribution is 2.46. The van der Waals surface area contributed by atoms with Crippen LogP contribution in [-0.4, -0.2) is 18.1 Å². The predicted octanol–water partition coefficient (Wildman–Crippen LogP) is 3.51. The van der Waals surface area contributed by atoms with Gasteiger partial charge in [0, 0.05) is 18.3 Å². The number of carbonyl (C=O) groups excluding carboxylic acids is 1. The number of carbonyl (C=O) groups is 1. The summed E-state index contributed by atoms with van der Waals surface area (Å²) in [6.07, 6.45) is 0.613. The summed E-state index contributed by atoms with van der Waals surface area (Å²) in [5.74, 6) is 0.309. The zero-order chi connectivity index (χ0) is 15.9. The number of para-hydroxylation sites is 2. The van der Waals surface area contributed by atoms with Crippen LogP contribution in [0.25, 0.3) is 0 Å². The summed E-state index contributed by atoms with van der Waals surface area (Å²) in [6.45, 7) is 4.10. The van der Waals surface area contributed by atoms with Crippen molar-refractivity contribution in [3.63, 3.8) is 0 Å². The Labute approximate surface area is 131 Å². The first-order chi connectivity index (χ1) is 10.5. The van der Waals surface area contributed by atoms with Crippen molar-refractivity contribution < 1.29 is 9.90 Å². The van der Waals surface area contributed by atoms with Crippen molar-refractivity contribution in [2.24, 2.45) is 5.92 Å². The minimum absolute atomic E-state index is 0.0442. The van der Waals surface area contributed by atoms with E-state index in [2.05, 4.69) is 6.07 Å². The number of phenols is 1. The fraction of sp³-hybridized carbons (Fsp3) is 0.316. The van der Waals surface area contributed by atoms with Gasteiger partial charge in [0.15, 0.2) is 0 Å². The van der Waals surface area contributed by atoms with Crippen LogP contribution in [0.15, 0.2) is 48.5 Å².